The van der Waals surface area contributed by atoms with Crippen LogP contribution in [-0.4, -0.2) is 26.0 Å². The lowest BCUT2D eigenvalue weighted by Gasteiger charge is -2.07. The average Bonchev–Trinajstić information content (AvgIpc) is 2.90. The van der Waals surface area contributed by atoms with E-state index < -0.39 is 0 Å². The van der Waals surface area contributed by atoms with E-state index in [0.29, 0.717) is 5.56 Å². The summed E-state index contributed by atoms with van der Waals surface area (Å²) in [5.74, 6) is 0.0949. The average molecular weight is 267 g/mol. The van der Waals surface area contributed by atoms with Gasteiger partial charge in [0.25, 0.3) is 0 Å². The molecule has 2 aromatic carbocycles. The number of hydrogen-bond donors (Lipinski definition) is 2. The standard InChI is InChI=1S/C14H13N5O/c1-9-8-10(6-7-11(9)14(15)17-20)19-13-5-3-2-4-12(13)16-18-19/h2-8,20H,1H3,(H2,15,17). The summed E-state index contributed by atoms with van der Waals surface area (Å²) in [6, 6.07) is 13.3. The van der Waals surface area contributed by atoms with Gasteiger partial charge in [0.05, 0.1) is 11.2 Å². The molecule has 0 aliphatic heterocycles. The van der Waals surface area contributed by atoms with Gasteiger partial charge >= 0.3 is 0 Å². The normalized spacial score (nSPS) is 11.9. The molecule has 0 spiro atoms. The molecule has 1 aromatic heterocycles. The molecule has 100 valence electrons. The van der Waals surface area contributed by atoms with Crippen molar-refractivity contribution >= 4 is 16.9 Å². The Morgan fingerprint density at radius 2 is 2.05 bits per heavy atom. The van der Waals surface area contributed by atoms with E-state index in [0.717, 1.165) is 22.3 Å². The van der Waals surface area contributed by atoms with Crippen molar-refractivity contribution in [2.45, 2.75) is 6.92 Å². The first kappa shape index (κ1) is 12.2. The van der Waals surface area contributed by atoms with Crippen LogP contribution in [0.1, 0.15) is 11.1 Å². The summed E-state index contributed by atoms with van der Waals surface area (Å²) in [6.07, 6.45) is 0. The number of aryl methyl sites for hydroxylation is 1. The van der Waals surface area contributed by atoms with Gasteiger partial charge in [-0.25, -0.2) is 4.68 Å². The fourth-order valence-electron chi connectivity index (χ4n) is 2.18. The van der Waals surface area contributed by atoms with Crippen molar-refractivity contribution in [3.05, 3.63) is 53.6 Å². The van der Waals surface area contributed by atoms with Gasteiger partial charge in [0.2, 0.25) is 0 Å². The van der Waals surface area contributed by atoms with E-state index in [-0.39, 0.29) is 5.84 Å². The SMILES string of the molecule is Cc1cc(-n2nnc3ccccc32)ccc1/C(N)=N/O. The molecule has 3 N–H and O–H groups in total. The van der Waals surface area contributed by atoms with Gasteiger partial charge < -0.3 is 10.9 Å². The molecule has 0 fully saturated rings. The molecule has 0 aliphatic carbocycles. The monoisotopic (exact) mass is 267 g/mol. The number of hydrogen-bond acceptors (Lipinski definition) is 4. The molecule has 0 aliphatic rings. The summed E-state index contributed by atoms with van der Waals surface area (Å²) in [6.45, 7) is 1.90. The first-order valence-electron chi connectivity index (χ1n) is 6.10. The van der Waals surface area contributed by atoms with Crippen LogP contribution in [0, 0.1) is 6.92 Å². The maximum atomic E-state index is 8.74. The zero-order valence-electron chi connectivity index (χ0n) is 10.9. The Morgan fingerprint density at radius 3 is 2.80 bits per heavy atom. The Morgan fingerprint density at radius 1 is 1.25 bits per heavy atom. The molecule has 0 atom stereocenters. The number of amidine groups is 1. The van der Waals surface area contributed by atoms with E-state index in [1.165, 1.54) is 0 Å². The van der Waals surface area contributed by atoms with E-state index in [4.69, 9.17) is 10.9 Å². The van der Waals surface area contributed by atoms with Gasteiger partial charge in [-0.05, 0) is 42.8 Å². The smallest absolute Gasteiger partial charge is 0.170 e. The minimum Gasteiger partial charge on any atom is -0.409 e. The van der Waals surface area contributed by atoms with Crippen molar-refractivity contribution < 1.29 is 5.21 Å². The molecule has 1 heterocycles. The third-order valence-corrected chi connectivity index (χ3v) is 3.19. The molecule has 0 unspecified atom stereocenters. The zero-order valence-corrected chi connectivity index (χ0v) is 10.9. The van der Waals surface area contributed by atoms with Crippen LogP contribution in [0.5, 0.6) is 0 Å². The van der Waals surface area contributed by atoms with Crippen LogP contribution >= 0.6 is 0 Å². The van der Waals surface area contributed by atoms with Crippen LogP contribution < -0.4 is 5.73 Å². The van der Waals surface area contributed by atoms with Crippen LogP contribution in [0.25, 0.3) is 16.7 Å². The lowest BCUT2D eigenvalue weighted by molar-refractivity contribution is 0.318. The number of nitrogens with zero attached hydrogens (tertiary/aromatic N) is 4. The predicted octanol–water partition coefficient (Wildman–Crippen LogP) is 1.82. The van der Waals surface area contributed by atoms with Crippen molar-refractivity contribution in [2.24, 2.45) is 10.9 Å². The molecule has 6 heteroatoms. The van der Waals surface area contributed by atoms with Gasteiger partial charge in [0.15, 0.2) is 5.84 Å². The summed E-state index contributed by atoms with van der Waals surface area (Å²) >= 11 is 0. The number of nitrogens with two attached hydrogens (primary N) is 1. The Balaban J connectivity index is 2.14. The van der Waals surface area contributed by atoms with Gasteiger partial charge in [0, 0.05) is 5.56 Å². The molecule has 0 amide bonds. The minimum atomic E-state index is 0.0949. The predicted molar refractivity (Wildman–Crippen MR) is 76.1 cm³/mol. The molecule has 3 aromatic rings. The highest BCUT2D eigenvalue weighted by molar-refractivity contribution is 5.98. The fourth-order valence-corrected chi connectivity index (χ4v) is 2.18. The topological polar surface area (TPSA) is 89.3 Å². The van der Waals surface area contributed by atoms with Crippen LogP contribution in [0.2, 0.25) is 0 Å². The van der Waals surface area contributed by atoms with Gasteiger partial charge in [-0.2, -0.15) is 0 Å². The summed E-state index contributed by atoms with van der Waals surface area (Å²) in [4.78, 5) is 0. The fraction of sp³-hybridized carbons (Fsp3) is 0.0714. The van der Waals surface area contributed by atoms with Gasteiger partial charge in [-0.1, -0.05) is 22.5 Å². The van der Waals surface area contributed by atoms with E-state index >= 15 is 0 Å². The minimum absolute atomic E-state index is 0.0949. The highest BCUT2D eigenvalue weighted by Crippen LogP contribution is 2.18. The van der Waals surface area contributed by atoms with Crippen LogP contribution in [0.15, 0.2) is 47.6 Å². The van der Waals surface area contributed by atoms with Gasteiger partial charge in [-0.15, -0.1) is 5.10 Å². The van der Waals surface area contributed by atoms with Crippen molar-refractivity contribution in [2.75, 3.05) is 0 Å². The maximum absolute atomic E-state index is 8.74. The Labute approximate surface area is 115 Å². The summed E-state index contributed by atoms with van der Waals surface area (Å²) < 4.78 is 1.76. The first-order chi connectivity index (χ1) is 9.70. The van der Waals surface area contributed by atoms with Crippen molar-refractivity contribution in [1.29, 1.82) is 0 Å². The van der Waals surface area contributed by atoms with E-state index in [9.17, 15) is 0 Å². The molecule has 20 heavy (non-hydrogen) atoms. The molecular weight excluding hydrogens is 254 g/mol. The Hall–Kier alpha value is -2.89. The molecule has 0 bridgehead atoms. The third-order valence-electron chi connectivity index (χ3n) is 3.19. The lowest BCUT2D eigenvalue weighted by atomic mass is 10.1. The lowest BCUT2D eigenvalue weighted by Crippen LogP contribution is -2.14. The van der Waals surface area contributed by atoms with E-state index in [1.54, 1.807) is 10.7 Å². The van der Waals surface area contributed by atoms with Crippen LogP contribution in [0.4, 0.5) is 0 Å². The number of rotatable bonds is 2. The van der Waals surface area contributed by atoms with Crippen LogP contribution in [-0.2, 0) is 0 Å². The molecule has 0 saturated carbocycles. The largest absolute Gasteiger partial charge is 0.409 e. The van der Waals surface area contributed by atoms with Gasteiger partial charge in [0.1, 0.15) is 5.52 Å². The number of oxime groups is 1. The highest BCUT2D eigenvalue weighted by atomic mass is 16.4. The third kappa shape index (κ3) is 1.87. The second kappa shape index (κ2) is 4.65. The summed E-state index contributed by atoms with van der Waals surface area (Å²) in [7, 11) is 0. The molecular formula is C14H13N5O. The van der Waals surface area contributed by atoms with E-state index in [1.807, 2.05) is 43.3 Å². The Bertz CT molecular complexity index is 806. The van der Waals surface area contributed by atoms with Crippen molar-refractivity contribution in [3.8, 4) is 5.69 Å². The first-order valence-corrected chi connectivity index (χ1v) is 6.10. The van der Waals surface area contributed by atoms with E-state index in [2.05, 4.69) is 15.5 Å². The molecule has 6 nitrogen and oxygen atoms in total. The second-order valence-electron chi connectivity index (χ2n) is 4.47. The number of aromatic nitrogens is 3. The number of benzene rings is 2. The van der Waals surface area contributed by atoms with Crippen molar-refractivity contribution in [1.82, 2.24) is 15.0 Å². The Kier molecular flexibility index (Phi) is 2.83. The number of para-hydroxylation sites is 1. The van der Waals surface area contributed by atoms with Crippen molar-refractivity contribution in [3.63, 3.8) is 0 Å². The summed E-state index contributed by atoms with van der Waals surface area (Å²) in [5, 5.41) is 20.0. The van der Waals surface area contributed by atoms with Gasteiger partial charge in [-0.3, -0.25) is 0 Å². The van der Waals surface area contributed by atoms with Crippen LogP contribution in [0.3, 0.4) is 0 Å². The second-order valence-corrected chi connectivity index (χ2v) is 4.47. The molecule has 3 rings (SSSR count). The highest BCUT2D eigenvalue weighted by Gasteiger charge is 2.09. The summed E-state index contributed by atoms with van der Waals surface area (Å²) in [5.41, 5.74) is 9.87. The number of fused-ring (bicyclic) bond motifs is 1. The zero-order chi connectivity index (χ0) is 14.1. The maximum Gasteiger partial charge on any atom is 0.170 e. The molecule has 0 saturated heterocycles. The molecule has 0 radical (unpaired) electrons. The quantitative estimate of drug-likeness (QED) is 0.321.